The summed E-state index contributed by atoms with van der Waals surface area (Å²) in [6.45, 7) is 5.51. The third-order valence-corrected chi connectivity index (χ3v) is 7.25. The van der Waals surface area contributed by atoms with E-state index in [4.69, 9.17) is 4.98 Å². The zero-order chi connectivity index (χ0) is 22.4. The summed E-state index contributed by atoms with van der Waals surface area (Å²) in [5.41, 5.74) is 5.99. The number of piperidine rings is 1. The number of thiazole rings is 1. The monoisotopic (exact) mass is 448 g/mol. The number of aromatic nitrogens is 2. The van der Waals surface area contributed by atoms with Crippen LogP contribution in [0.5, 0.6) is 0 Å². The molecule has 0 aliphatic carbocycles. The number of benzene rings is 1. The quantitative estimate of drug-likeness (QED) is 0.442. The van der Waals surface area contributed by atoms with Crippen LogP contribution in [-0.4, -0.2) is 40.0 Å². The predicted octanol–water partition coefficient (Wildman–Crippen LogP) is 4.41. The highest BCUT2D eigenvalue weighted by Crippen LogP contribution is 2.38. The van der Waals surface area contributed by atoms with Gasteiger partial charge in [-0.1, -0.05) is 6.07 Å². The first kappa shape index (κ1) is 20.7. The van der Waals surface area contributed by atoms with Crippen molar-refractivity contribution in [2.75, 3.05) is 18.4 Å². The zero-order valence-electron chi connectivity index (χ0n) is 17.9. The number of carbonyl (C=O) groups excluding carboxylic acids is 1. The molecule has 0 saturated carbocycles. The molecule has 5 rings (SSSR count). The van der Waals surface area contributed by atoms with Gasteiger partial charge in [-0.05, 0) is 57.0 Å². The molecule has 1 saturated heterocycles. The normalized spacial score (nSPS) is 19.2. The lowest BCUT2D eigenvalue weighted by Crippen LogP contribution is -2.28. The number of nitrogens with zero attached hydrogens (tertiary/aromatic N) is 1. The number of amides is 1. The van der Waals surface area contributed by atoms with E-state index in [0.29, 0.717) is 28.4 Å². The Morgan fingerprint density at radius 3 is 2.88 bits per heavy atom. The minimum Gasteiger partial charge on any atom is -0.478 e. The van der Waals surface area contributed by atoms with Gasteiger partial charge in [0.15, 0.2) is 0 Å². The van der Waals surface area contributed by atoms with Gasteiger partial charge in [0, 0.05) is 46.0 Å². The second-order valence-corrected chi connectivity index (χ2v) is 9.25. The van der Waals surface area contributed by atoms with Crippen molar-refractivity contribution < 1.29 is 14.7 Å². The topological polar surface area (TPSA) is 107 Å². The molecule has 3 aromatic rings. The lowest BCUT2D eigenvalue weighted by atomic mass is 10.00. The number of hydrogen-bond donors (Lipinski definition) is 4. The van der Waals surface area contributed by atoms with Crippen LogP contribution < -0.4 is 10.6 Å². The Labute approximate surface area is 189 Å². The number of anilines is 1. The zero-order valence-corrected chi connectivity index (χ0v) is 18.7. The molecule has 164 valence electrons. The SMILES string of the molecule is Cc1[nH]c(/C=C2\C(=O)Nc3ccc(-c4csc(C5CCCNC5)n4)cc32)c(C)c1C(=O)O. The van der Waals surface area contributed by atoms with Gasteiger partial charge in [0.05, 0.1) is 21.8 Å². The number of carbonyl (C=O) groups is 2. The van der Waals surface area contributed by atoms with E-state index in [2.05, 4.69) is 21.0 Å². The van der Waals surface area contributed by atoms with Gasteiger partial charge in [-0.3, -0.25) is 4.79 Å². The van der Waals surface area contributed by atoms with E-state index in [0.717, 1.165) is 47.0 Å². The van der Waals surface area contributed by atoms with Crippen molar-refractivity contribution in [1.29, 1.82) is 0 Å². The van der Waals surface area contributed by atoms with Crippen LogP contribution in [0.2, 0.25) is 0 Å². The summed E-state index contributed by atoms with van der Waals surface area (Å²) in [7, 11) is 0. The fourth-order valence-corrected chi connectivity index (χ4v) is 5.51. The summed E-state index contributed by atoms with van der Waals surface area (Å²) < 4.78 is 0. The molecule has 1 aromatic carbocycles. The van der Waals surface area contributed by atoms with Crippen molar-refractivity contribution in [1.82, 2.24) is 15.3 Å². The number of carboxylic acid groups (broad SMARTS) is 1. The summed E-state index contributed by atoms with van der Waals surface area (Å²) in [6.07, 6.45) is 4.06. The van der Waals surface area contributed by atoms with Crippen molar-refractivity contribution in [2.45, 2.75) is 32.6 Å². The van der Waals surface area contributed by atoms with Gasteiger partial charge in [0.25, 0.3) is 5.91 Å². The Morgan fingerprint density at radius 1 is 1.31 bits per heavy atom. The molecule has 1 amide bonds. The minimum absolute atomic E-state index is 0.201. The van der Waals surface area contributed by atoms with Gasteiger partial charge in [0.2, 0.25) is 0 Å². The molecule has 1 unspecified atom stereocenters. The maximum Gasteiger partial charge on any atom is 0.337 e. The van der Waals surface area contributed by atoms with Gasteiger partial charge >= 0.3 is 5.97 Å². The van der Waals surface area contributed by atoms with E-state index in [1.165, 1.54) is 6.42 Å². The van der Waals surface area contributed by atoms with Gasteiger partial charge in [-0.15, -0.1) is 11.3 Å². The van der Waals surface area contributed by atoms with Crippen molar-refractivity contribution in [3.63, 3.8) is 0 Å². The molecule has 7 nitrogen and oxygen atoms in total. The highest BCUT2D eigenvalue weighted by Gasteiger charge is 2.27. The molecule has 4 N–H and O–H groups in total. The van der Waals surface area contributed by atoms with Gasteiger partial charge in [-0.25, -0.2) is 9.78 Å². The largest absolute Gasteiger partial charge is 0.478 e. The smallest absolute Gasteiger partial charge is 0.337 e. The Kier molecular flexibility index (Phi) is 5.19. The minimum atomic E-state index is -0.980. The van der Waals surface area contributed by atoms with E-state index >= 15 is 0 Å². The third-order valence-electron chi connectivity index (χ3n) is 6.25. The highest BCUT2D eigenvalue weighted by molar-refractivity contribution is 7.10. The fourth-order valence-electron chi connectivity index (χ4n) is 4.54. The number of nitrogens with one attached hydrogen (secondary N) is 3. The number of fused-ring (bicyclic) bond motifs is 1. The molecular weight excluding hydrogens is 424 g/mol. The van der Waals surface area contributed by atoms with E-state index in [1.54, 1.807) is 31.3 Å². The van der Waals surface area contributed by atoms with E-state index in [9.17, 15) is 14.7 Å². The van der Waals surface area contributed by atoms with Crippen molar-refractivity contribution in [3.05, 3.63) is 56.7 Å². The first-order valence-corrected chi connectivity index (χ1v) is 11.6. The van der Waals surface area contributed by atoms with Crippen molar-refractivity contribution in [2.24, 2.45) is 0 Å². The molecule has 0 radical (unpaired) electrons. The van der Waals surface area contributed by atoms with E-state index in [-0.39, 0.29) is 11.5 Å². The summed E-state index contributed by atoms with van der Waals surface area (Å²) in [6, 6.07) is 5.87. The molecular formula is C24H24N4O3S. The van der Waals surface area contributed by atoms with Crippen LogP contribution >= 0.6 is 11.3 Å². The lowest BCUT2D eigenvalue weighted by molar-refractivity contribution is -0.110. The second kappa shape index (κ2) is 8.03. The fraction of sp³-hybridized carbons (Fsp3) is 0.292. The summed E-state index contributed by atoms with van der Waals surface area (Å²) in [5, 5.41) is 19.0. The lowest BCUT2D eigenvalue weighted by Gasteiger charge is -2.20. The Balaban J connectivity index is 1.51. The van der Waals surface area contributed by atoms with Gasteiger partial charge < -0.3 is 20.7 Å². The number of H-pyrrole nitrogens is 1. The third kappa shape index (κ3) is 3.55. The average molecular weight is 449 g/mol. The molecule has 32 heavy (non-hydrogen) atoms. The summed E-state index contributed by atoms with van der Waals surface area (Å²) in [4.78, 5) is 32.2. The number of carboxylic acids is 1. The van der Waals surface area contributed by atoms with Gasteiger partial charge in [0.1, 0.15) is 0 Å². The van der Waals surface area contributed by atoms with Crippen LogP contribution in [0.1, 0.15) is 56.6 Å². The average Bonchev–Trinajstić information content (AvgIpc) is 3.45. The van der Waals surface area contributed by atoms with Crippen molar-refractivity contribution in [3.8, 4) is 11.3 Å². The Morgan fingerprint density at radius 2 is 2.16 bits per heavy atom. The van der Waals surface area contributed by atoms with Gasteiger partial charge in [-0.2, -0.15) is 0 Å². The standard InChI is InChI=1S/C24H24N4O3S/c1-12-19(26-13(2)21(12)24(30)31)9-17-16-8-14(5-6-18(16)27-22(17)29)20-11-32-23(28-20)15-4-3-7-25-10-15/h5-6,8-9,11,15,25-26H,3-4,7,10H2,1-2H3,(H,27,29)(H,30,31)/b17-9-. The maximum absolute atomic E-state index is 12.7. The molecule has 2 aromatic heterocycles. The van der Waals surface area contributed by atoms with Crippen LogP contribution in [-0.2, 0) is 4.79 Å². The summed E-state index contributed by atoms with van der Waals surface area (Å²) in [5.74, 6) is -0.724. The van der Waals surface area contributed by atoms with E-state index in [1.807, 2.05) is 18.2 Å². The number of rotatable bonds is 4. The molecule has 1 atom stereocenters. The second-order valence-electron chi connectivity index (χ2n) is 8.36. The van der Waals surface area contributed by atoms with Crippen LogP contribution in [0.4, 0.5) is 5.69 Å². The number of aromatic carboxylic acids is 1. The Hall–Kier alpha value is -3.23. The molecule has 1 fully saturated rings. The van der Waals surface area contributed by atoms with Crippen LogP contribution in [0, 0.1) is 13.8 Å². The van der Waals surface area contributed by atoms with E-state index < -0.39 is 5.97 Å². The highest BCUT2D eigenvalue weighted by atomic mass is 32.1. The van der Waals surface area contributed by atoms with Crippen LogP contribution in [0.25, 0.3) is 22.9 Å². The predicted molar refractivity (Wildman–Crippen MR) is 126 cm³/mol. The molecule has 2 aliphatic heterocycles. The van der Waals surface area contributed by atoms with Crippen LogP contribution in [0.15, 0.2) is 23.6 Å². The maximum atomic E-state index is 12.7. The molecule has 0 spiro atoms. The van der Waals surface area contributed by atoms with Crippen molar-refractivity contribution >= 4 is 40.5 Å². The molecule has 0 bridgehead atoms. The number of aryl methyl sites for hydroxylation is 1. The van der Waals surface area contributed by atoms with Crippen LogP contribution in [0.3, 0.4) is 0 Å². The molecule has 2 aliphatic rings. The molecule has 4 heterocycles. The number of hydrogen-bond acceptors (Lipinski definition) is 5. The first-order valence-electron chi connectivity index (χ1n) is 10.7. The first-order chi connectivity index (χ1) is 15.4. The number of aromatic amines is 1. The molecule has 8 heteroatoms. The summed E-state index contributed by atoms with van der Waals surface area (Å²) >= 11 is 1.69. The Bertz CT molecular complexity index is 1260.